The van der Waals surface area contributed by atoms with Crippen LogP contribution in [0.25, 0.3) is 11.1 Å². The molecule has 1 unspecified atom stereocenters. The molecule has 0 spiro atoms. The molecule has 2 aromatic carbocycles. The van der Waals surface area contributed by atoms with Crippen LogP contribution >= 0.6 is 0 Å². The van der Waals surface area contributed by atoms with Crippen molar-refractivity contribution in [2.45, 2.75) is 37.5 Å². The SMILES string of the molecule is C[C@H](NC(=O)C(C)(NC(=O)OCC1c2ccccc2-c2ccccc21)C(F)(F)F)C(=O)O. The van der Waals surface area contributed by atoms with E-state index in [1.807, 2.05) is 48.5 Å². The van der Waals surface area contributed by atoms with Crippen molar-refractivity contribution in [1.82, 2.24) is 10.6 Å². The lowest BCUT2D eigenvalue weighted by atomic mass is 9.98. The molecule has 0 heterocycles. The maximum atomic E-state index is 13.6. The summed E-state index contributed by atoms with van der Waals surface area (Å²) in [5.41, 5.74) is 0.235. The van der Waals surface area contributed by atoms with Crippen LogP contribution in [0.1, 0.15) is 30.9 Å². The van der Waals surface area contributed by atoms with E-state index in [9.17, 15) is 27.6 Å². The van der Waals surface area contributed by atoms with Gasteiger partial charge in [0.1, 0.15) is 12.6 Å². The summed E-state index contributed by atoms with van der Waals surface area (Å²) in [7, 11) is 0. The minimum Gasteiger partial charge on any atom is -0.480 e. The number of rotatable bonds is 6. The van der Waals surface area contributed by atoms with Gasteiger partial charge in [-0.2, -0.15) is 13.2 Å². The fourth-order valence-corrected chi connectivity index (χ4v) is 3.50. The molecule has 0 saturated carbocycles. The molecule has 1 aliphatic carbocycles. The van der Waals surface area contributed by atoms with Crippen LogP contribution in [-0.4, -0.2) is 47.4 Å². The molecule has 10 heteroatoms. The Morgan fingerprint density at radius 3 is 2.00 bits per heavy atom. The number of carbonyl (C=O) groups is 3. The minimum absolute atomic E-state index is 0.249. The second-order valence-electron chi connectivity index (χ2n) is 7.61. The van der Waals surface area contributed by atoms with E-state index in [2.05, 4.69) is 0 Å². The number of hydrogen-bond donors (Lipinski definition) is 3. The molecule has 0 radical (unpaired) electrons. The van der Waals surface area contributed by atoms with Crippen LogP contribution in [0.15, 0.2) is 48.5 Å². The summed E-state index contributed by atoms with van der Waals surface area (Å²) in [5, 5.41) is 12.1. The quantitative estimate of drug-likeness (QED) is 0.626. The van der Waals surface area contributed by atoms with E-state index in [0.29, 0.717) is 6.92 Å². The lowest BCUT2D eigenvalue weighted by molar-refractivity contribution is -0.194. The molecule has 0 aliphatic heterocycles. The standard InChI is InChI=1S/C22H21F3N2O5/c1-12(18(28)29)26-19(30)21(2,22(23,24)25)27-20(31)32-11-17-15-9-5-3-7-13(15)14-8-4-6-10-16(14)17/h3-10,12,17H,11H2,1-2H3,(H,26,30)(H,27,31)(H,28,29)/t12-,21?/m0/s1. The van der Waals surface area contributed by atoms with Crippen molar-refractivity contribution >= 4 is 18.0 Å². The van der Waals surface area contributed by atoms with E-state index in [1.54, 1.807) is 10.6 Å². The van der Waals surface area contributed by atoms with Gasteiger partial charge in [-0.3, -0.25) is 14.9 Å². The summed E-state index contributed by atoms with van der Waals surface area (Å²) >= 11 is 0. The van der Waals surface area contributed by atoms with E-state index in [1.165, 1.54) is 0 Å². The average Bonchev–Trinajstić information content (AvgIpc) is 3.05. The molecule has 3 rings (SSSR count). The molecule has 2 aromatic rings. The Hall–Kier alpha value is -3.56. The Morgan fingerprint density at radius 2 is 1.53 bits per heavy atom. The van der Waals surface area contributed by atoms with E-state index < -0.39 is 35.7 Å². The van der Waals surface area contributed by atoms with Crippen molar-refractivity contribution in [3.63, 3.8) is 0 Å². The van der Waals surface area contributed by atoms with Gasteiger partial charge in [-0.1, -0.05) is 48.5 Å². The van der Waals surface area contributed by atoms with Crippen LogP contribution in [0, 0.1) is 0 Å². The van der Waals surface area contributed by atoms with Gasteiger partial charge in [0.15, 0.2) is 0 Å². The van der Waals surface area contributed by atoms with E-state index in [4.69, 9.17) is 9.84 Å². The Labute approximate surface area is 181 Å². The molecule has 170 valence electrons. The summed E-state index contributed by atoms with van der Waals surface area (Å²) in [4.78, 5) is 35.3. The second kappa shape index (κ2) is 8.52. The Morgan fingerprint density at radius 1 is 1.03 bits per heavy atom. The molecule has 2 atom stereocenters. The van der Waals surface area contributed by atoms with Crippen LogP contribution < -0.4 is 10.6 Å². The predicted octanol–water partition coefficient (Wildman–Crippen LogP) is 3.44. The number of alkyl halides is 3. The first-order valence-corrected chi connectivity index (χ1v) is 9.69. The highest BCUT2D eigenvalue weighted by Gasteiger charge is 2.58. The number of aliphatic carboxylic acids is 1. The van der Waals surface area contributed by atoms with Gasteiger partial charge in [0.2, 0.25) is 5.54 Å². The third-order valence-electron chi connectivity index (χ3n) is 5.43. The zero-order valence-corrected chi connectivity index (χ0v) is 17.2. The van der Waals surface area contributed by atoms with E-state index >= 15 is 0 Å². The number of alkyl carbamates (subject to hydrolysis) is 1. The molecular weight excluding hydrogens is 429 g/mol. The minimum atomic E-state index is -5.21. The molecule has 1 aliphatic rings. The van der Waals surface area contributed by atoms with Crippen LogP contribution in [-0.2, 0) is 14.3 Å². The summed E-state index contributed by atoms with van der Waals surface area (Å²) in [6, 6.07) is 13.3. The molecule has 3 N–H and O–H groups in total. The van der Waals surface area contributed by atoms with Crippen LogP contribution in [0.2, 0.25) is 0 Å². The van der Waals surface area contributed by atoms with Crippen molar-refractivity contribution in [2.75, 3.05) is 6.61 Å². The maximum Gasteiger partial charge on any atom is 0.420 e. The van der Waals surface area contributed by atoms with Crippen molar-refractivity contribution < 1.29 is 37.4 Å². The van der Waals surface area contributed by atoms with Gasteiger partial charge in [-0.25, -0.2) is 4.79 Å². The molecule has 0 aromatic heterocycles. The number of fused-ring (bicyclic) bond motifs is 3. The van der Waals surface area contributed by atoms with Crippen molar-refractivity contribution in [3.05, 3.63) is 59.7 Å². The Bertz CT molecular complexity index is 1010. The van der Waals surface area contributed by atoms with Crippen molar-refractivity contribution in [1.29, 1.82) is 0 Å². The number of carboxylic acids is 1. The summed E-state index contributed by atoms with van der Waals surface area (Å²) in [6.07, 6.45) is -6.66. The number of carboxylic acid groups (broad SMARTS) is 1. The van der Waals surface area contributed by atoms with Gasteiger partial charge < -0.3 is 15.2 Å². The summed E-state index contributed by atoms with van der Waals surface area (Å²) in [6.45, 7) is 1.20. The number of benzene rings is 2. The second-order valence-corrected chi connectivity index (χ2v) is 7.61. The fraction of sp³-hybridized carbons (Fsp3) is 0.318. The highest BCUT2D eigenvalue weighted by molar-refractivity contribution is 5.93. The molecule has 32 heavy (non-hydrogen) atoms. The first kappa shape index (κ1) is 23.1. The highest BCUT2D eigenvalue weighted by Crippen LogP contribution is 2.44. The van der Waals surface area contributed by atoms with Gasteiger partial charge in [-0.05, 0) is 36.1 Å². The van der Waals surface area contributed by atoms with Crippen LogP contribution in [0.4, 0.5) is 18.0 Å². The Balaban J connectivity index is 1.75. The first-order valence-electron chi connectivity index (χ1n) is 9.69. The number of nitrogens with one attached hydrogen (secondary N) is 2. The first-order chi connectivity index (χ1) is 15.0. The lowest BCUT2D eigenvalue weighted by Crippen LogP contribution is -2.66. The van der Waals surface area contributed by atoms with E-state index in [-0.39, 0.29) is 12.5 Å². The number of ether oxygens (including phenoxy) is 1. The van der Waals surface area contributed by atoms with Crippen molar-refractivity contribution in [3.8, 4) is 11.1 Å². The van der Waals surface area contributed by atoms with Gasteiger partial charge in [-0.15, -0.1) is 0 Å². The monoisotopic (exact) mass is 450 g/mol. The zero-order valence-electron chi connectivity index (χ0n) is 17.2. The summed E-state index contributed by atoms with van der Waals surface area (Å²) in [5.74, 6) is -3.62. The van der Waals surface area contributed by atoms with Gasteiger partial charge in [0.05, 0.1) is 0 Å². The molecular formula is C22H21F3N2O5. The highest BCUT2D eigenvalue weighted by atomic mass is 19.4. The van der Waals surface area contributed by atoms with Gasteiger partial charge in [0.25, 0.3) is 5.91 Å². The predicted molar refractivity (Wildman–Crippen MR) is 108 cm³/mol. The van der Waals surface area contributed by atoms with Crippen LogP contribution in [0.5, 0.6) is 0 Å². The molecule has 0 saturated heterocycles. The van der Waals surface area contributed by atoms with E-state index in [0.717, 1.165) is 29.2 Å². The fourth-order valence-electron chi connectivity index (χ4n) is 3.50. The normalized spacial score (nSPS) is 15.7. The van der Waals surface area contributed by atoms with Gasteiger partial charge >= 0.3 is 18.2 Å². The zero-order chi connectivity index (χ0) is 23.7. The third kappa shape index (κ3) is 4.25. The number of halogens is 3. The summed E-state index contributed by atoms with van der Waals surface area (Å²) < 4.78 is 46.0. The third-order valence-corrected chi connectivity index (χ3v) is 5.43. The number of amides is 2. The molecule has 7 nitrogen and oxygen atoms in total. The number of carbonyl (C=O) groups excluding carboxylic acids is 2. The molecule has 2 amide bonds. The Kier molecular flexibility index (Phi) is 6.16. The van der Waals surface area contributed by atoms with Crippen molar-refractivity contribution in [2.24, 2.45) is 0 Å². The number of hydrogen-bond acceptors (Lipinski definition) is 4. The molecule has 0 bridgehead atoms. The maximum absolute atomic E-state index is 13.6. The smallest absolute Gasteiger partial charge is 0.420 e. The largest absolute Gasteiger partial charge is 0.480 e. The van der Waals surface area contributed by atoms with Crippen LogP contribution in [0.3, 0.4) is 0 Å². The lowest BCUT2D eigenvalue weighted by Gasteiger charge is -2.31. The average molecular weight is 450 g/mol. The molecule has 0 fully saturated rings. The van der Waals surface area contributed by atoms with Gasteiger partial charge in [0, 0.05) is 5.92 Å². The topological polar surface area (TPSA) is 105 Å².